The second-order valence-electron chi connectivity index (χ2n) is 4.30. The lowest BCUT2D eigenvalue weighted by Crippen LogP contribution is -2.16. The van der Waals surface area contributed by atoms with Crippen LogP contribution in [0.5, 0.6) is 0 Å². The minimum atomic E-state index is -4.59. The van der Waals surface area contributed by atoms with Crippen LogP contribution in [0.1, 0.15) is 26.4 Å². The minimum absolute atomic E-state index is 0.0169. The van der Waals surface area contributed by atoms with Crippen LogP contribution in [0.3, 0.4) is 0 Å². The van der Waals surface area contributed by atoms with E-state index in [1.807, 2.05) is 0 Å². The van der Waals surface area contributed by atoms with Gasteiger partial charge in [-0.25, -0.2) is 4.79 Å². The van der Waals surface area contributed by atoms with Crippen molar-refractivity contribution in [2.75, 3.05) is 12.4 Å². The number of alkyl halides is 3. The van der Waals surface area contributed by atoms with Crippen molar-refractivity contribution in [3.05, 3.63) is 53.6 Å². The molecule has 2 aromatic rings. The summed E-state index contributed by atoms with van der Waals surface area (Å²) in [6.07, 6.45) is -1.24. The molecule has 0 aromatic carbocycles. The first-order valence-electron chi connectivity index (χ1n) is 6.20. The van der Waals surface area contributed by atoms with Crippen LogP contribution >= 0.6 is 0 Å². The maximum Gasteiger partial charge on any atom is 0.433 e. The molecule has 0 atom stereocenters. The molecule has 23 heavy (non-hydrogen) atoms. The van der Waals surface area contributed by atoms with Gasteiger partial charge in [-0.3, -0.25) is 14.8 Å². The molecule has 9 heteroatoms. The van der Waals surface area contributed by atoms with Gasteiger partial charge in [0.2, 0.25) is 0 Å². The maximum absolute atomic E-state index is 12.4. The van der Waals surface area contributed by atoms with Crippen molar-refractivity contribution in [1.82, 2.24) is 9.97 Å². The number of methoxy groups -OCH3 is 1. The Morgan fingerprint density at radius 3 is 2.48 bits per heavy atom. The summed E-state index contributed by atoms with van der Waals surface area (Å²) in [4.78, 5) is 30.5. The Hall–Kier alpha value is -2.97. The molecule has 0 bridgehead atoms. The van der Waals surface area contributed by atoms with Gasteiger partial charge in [-0.15, -0.1) is 0 Å². The number of amides is 1. The first-order valence-corrected chi connectivity index (χ1v) is 6.20. The van der Waals surface area contributed by atoms with Gasteiger partial charge in [0.15, 0.2) is 0 Å². The van der Waals surface area contributed by atoms with Crippen molar-refractivity contribution in [2.24, 2.45) is 0 Å². The van der Waals surface area contributed by atoms with Gasteiger partial charge in [0.1, 0.15) is 11.3 Å². The van der Waals surface area contributed by atoms with Crippen LogP contribution in [0.2, 0.25) is 0 Å². The zero-order chi connectivity index (χ0) is 17.0. The lowest BCUT2D eigenvalue weighted by atomic mass is 10.2. The average Bonchev–Trinajstić information content (AvgIpc) is 2.54. The topological polar surface area (TPSA) is 81.2 Å². The molecule has 0 radical (unpaired) electrons. The Morgan fingerprint density at radius 1 is 1.17 bits per heavy atom. The van der Waals surface area contributed by atoms with Gasteiger partial charge >= 0.3 is 12.1 Å². The number of hydrogen-bond donors (Lipinski definition) is 1. The van der Waals surface area contributed by atoms with E-state index in [0.29, 0.717) is 6.07 Å². The van der Waals surface area contributed by atoms with Crippen molar-refractivity contribution in [3.63, 3.8) is 0 Å². The van der Waals surface area contributed by atoms with Gasteiger partial charge in [-0.1, -0.05) is 0 Å². The predicted octanol–water partition coefficient (Wildman–Crippen LogP) is 2.53. The second-order valence-corrected chi connectivity index (χ2v) is 4.30. The van der Waals surface area contributed by atoms with E-state index < -0.39 is 23.7 Å². The number of nitrogens with zero attached hydrogens (tertiary/aromatic N) is 2. The van der Waals surface area contributed by atoms with Crippen LogP contribution < -0.4 is 5.32 Å². The first kappa shape index (κ1) is 16.4. The van der Waals surface area contributed by atoms with E-state index in [1.165, 1.54) is 25.6 Å². The number of hydrogen-bond acceptors (Lipinski definition) is 5. The summed E-state index contributed by atoms with van der Waals surface area (Å²) >= 11 is 0. The van der Waals surface area contributed by atoms with Crippen LogP contribution in [-0.4, -0.2) is 29.0 Å². The number of carbonyl (C=O) groups excluding carboxylic acids is 2. The molecule has 0 saturated carbocycles. The summed E-state index contributed by atoms with van der Waals surface area (Å²) in [5.41, 5.74) is -1.06. The average molecular weight is 325 g/mol. The molecule has 120 valence electrons. The smallest absolute Gasteiger partial charge is 0.433 e. The summed E-state index contributed by atoms with van der Waals surface area (Å²) in [6, 6.07) is 3.05. The maximum atomic E-state index is 12.4. The van der Waals surface area contributed by atoms with Gasteiger partial charge in [0, 0.05) is 18.6 Å². The van der Waals surface area contributed by atoms with Crippen molar-refractivity contribution in [1.29, 1.82) is 0 Å². The lowest BCUT2D eigenvalue weighted by Gasteiger charge is -2.10. The highest BCUT2D eigenvalue weighted by atomic mass is 19.4. The molecule has 0 fully saturated rings. The van der Waals surface area contributed by atoms with E-state index in [-0.39, 0.29) is 16.8 Å². The Balaban J connectivity index is 2.22. The van der Waals surface area contributed by atoms with Crippen LogP contribution in [0, 0.1) is 0 Å². The Labute approximate surface area is 128 Å². The molecule has 2 rings (SSSR count). The summed E-state index contributed by atoms with van der Waals surface area (Å²) in [5, 5.41) is 2.40. The number of carbonyl (C=O) groups is 2. The molecule has 0 aliphatic rings. The number of ether oxygens (including phenoxy) is 1. The molecule has 0 spiro atoms. The second kappa shape index (κ2) is 6.42. The van der Waals surface area contributed by atoms with Gasteiger partial charge in [-0.05, 0) is 18.2 Å². The molecule has 1 amide bonds. The zero-order valence-electron chi connectivity index (χ0n) is 11.7. The third-order valence-corrected chi connectivity index (χ3v) is 2.79. The van der Waals surface area contributed by atoms with Crippen LogP contribution in [0.15, 0.2) is 36.8 Å². The molecule has 6 nitrogen and oxygen atoms in total. The fourth-order valence-corrected chi connectivity index (χ4v) is 1.67. The Kier molecular flexibility index (Phi) is 4.58. The van der Waals surface area contributed by atoms with Gasteiger partial charge in [0.05, 0.1) is 18.4 Å². The highest BCUT2D eigenvalue weighted by Gasteiger charge is 2.32. The number of esters is 1. The van der Waals surface area contributed by atoms with E-state index >= 15 is 0 Å². The molecule has 1 N–H and O–H groups in total. The highest BCUT2D eigenvalue weighted by molar-refractivity contribution is 6.07. The van der Waals surface area contributed by atoms with Crippen molar-refractivity contribution >= 4 is 17.6 Å². The van der Waals surface area contributed by atoms with E-state index in [2.05, 4.69) is 20.0 Å². The Morgan fingerprint density at radius 2 is 1.91 bits per heavy atom. The van der Waals surface area contributed by atoms with Crippen molar-refractivity contribution < 1.29 is 27.5 Å². The standard InChI is InChI=1S/C14H10F3N3O3/c1-23-13(22)9-7-18-5-4-10(9)20-12(21)8-2-3-11(19-6-8)14(15,16)17/h2-7H,1H3,(H,18,20,21). The summed E-state index contributed by atoms with van der Waals surface area (Å²) < 4.78 is 41.8. The van der Waals surface area contributed by atoms with Crippen LogP contribution in [0.4, 0.5) is 18.9 Å². The van der Waals surface area contributed by atoms with Crippen LogP contribution in [-0.2, 0) is 10.9 Å². The zero-order valence-corrected chi connectivity index (χ0v) is 11.7. The van der Waals surface area contributed by atoms with E-state index in [9.17, 15) is 22.8 Å². The van der Waals surface area contributed by atoms with E-state index in [0.717, 1.165) is 12.3 Å². The summed E-state index contributed by atoms with van der Waals surface area (Å²) in [6.45, 7) is 0. The number of halogens is 3. The normalized spacial score (nSPS) is 11.0. The highest BCUT2D eigenvalue weighted by Crippen LogP contribution is 2.27. The molecule has 2 aromatic heterocycles. The molecule has 0 unspecified atom stereocenters. The number of pyridine rings is 2. The number of nitrogens with one attached hydrogen (secondary N) is 1. The molecular weight excluding hydrogens is 315 g/mol. The molecular formula is C14H10F3N3O3. The third-order valence-electron chi connectivity index (χ3n) is 2.79. The fourth-order valence-electron chi connectivity index (χ4n) is 1.67. The lowest BCUT2D eigenvalue weighted by molar-refractivity contribution is -0.141. The molecule has 0 saturated heterocycles. The van der Waals surface area contributed by atoms with E-state index in [4.69, 9.17) is 0 Å². The summed E-state index contributed by atoms with van der Waals surface area (Å²) in [7, 11) is 1.17. The molecule has 2 heterocycles. The van der Waals surface area contributed by atoms with Crippen molar-refractivity contribution in [3.8, 4) is 0 Å². The fraction of sp³-hybridized carbons (Fsp3) is 0.143. The largest absolute Gasteiger partial charge is 0.465 e. The van der Waals surface area contributed by atoms with Crippen molar-refractivity contribution in [2.45, 2.75) is 6.18 Å². The molecule has 0 aliphatic carbocycles. The number of anilines is 1. The molecule has 0 aliphatic heterocycles. The quantitative estimate of drug-likeness (QED) is 0.877. The Bertz CT molecular complexity index is 730. The SMILES string of the molecule is COC(=O)c1cnccc1NC(=O)c1ccc(C(F)(F)F)nc1. The number of aromatic nitrogens is 2. The third kappa shape index (κ3) is 3.82. The van der Waals surface area contributed by atoms with E-state index in [1.54, 1.807) is 0 Å². The minimum Gasteiger partial charge on any atom is -0.465 e. The summed E-state index contributed by atoms with van der Waals surface area (Å²) in [5.74, 6) is -1.43. The van der Waals surface area contributed by atoms with Gasteiger partial charge in [0.25, 0.3) is 5.91 Å². The first-order chi connectivity index (χ1) is 10.8. The van der Waals surface area contributed by atoms with Crippen LogP contribution in [0.25, 0.3) is 0 Å². The van der Waals surface area contributed by atoms with Gasteiger partial charge < -0.3 is 10.1 Å². The number of rotatable bonds is 3. The van der Waals surface area contributed by atoms with Gasteiger partial charge in [-0.2, -0.15) is 13.2 Å². The predicted molar refractivity (Wildman–Crippen MR) is 72.8 cm³/mol. The monoisotopic (exact) mass is 325 g/mol.